The molecule has 3 aromatic heterocycles. The van der Waals surface area contributed by atoms with E-state index in [-0.39, 0.29) is 0 Å². The summed E-state index contributed by atoms with van der Waals surface area (Å²) in [5, 5.41) is 2.14. The van der Waals surface area contributed by atoms with E-state index >= 15 is 0 Å². The van der Waals surface area contributed by atoms with Gasteiger partial charge in [-0.2, -0.15) is 0 Å². The van der Waals surface area contributed by atoms with E-state index in [1.807, 2.05) is 97.2 Å². The van der Waals surface area contributed by atoms with Gasteiger partial charge < -0.3 is 0 Å². The summed E-state index contributed by atoms with van der Waals surface area (Å²) in [7, 11) is 0. The third-order valence-corrected chi connectivity index (χ3v) is 9.03. The summed E-state index contributed by atoms with van der Waals surface area (Å²) < 4.78 is 0. The first kappa shape index (κ1) is 30.8. The predicted octanol–water partition coefficient (Wildman–Crippen LogP) is 10.9. The zero-order valence-corrected chi connectivity index (χ0v) is 28.0. The number of nitrogens with zero attached hydrogens (tertiary/aromatic N) is 6. The first-order valence-corrected chi connectivity index (χ1v) is 17.1. The van der Waals surface area contributed by atoms with Crippen LogP contribution in [0, 0.1) is 0 Å². The molecule has 0 aliphatic carbocycles. The van der Waals surface area contributed by atoms with Gasteiger partial charge in [0.15, 0.2) is 23.3 Å². The zero-order chi connectivity index (χ0) is 34.7. The van der Waals surface area contributed by atoms with Crippen LogP contribution in [0.4, 0.5) is 0 Å². The van der Waals surface area contributed by atoms with Crippen LogP contribution in [0.15, 0.2) is 182 Å². The highest BCUT2D eigenvalue weighted by atomic mass is 15.0. The van der Waals surface area contributed by atoms with Crippen molar-refractivity contribution < 1.29 is 0 Å². The van der Waals surface area contributed by atoms with E-state index < -0.39 is 0 Å². The van der Waals surface area contributed by atoms with Gasteiger partial charge in [0.25, 0.3) is 0 Å². The second-order valence-corrected chi connectivity index (χ2v) is 12.5. The summed E-state index contributed by atoms with van der Waals surface area (Å²) in [6.07, 6.45) is 3.67. The summed E-state index contributed by atoms with van der Waals surface area (Å²) in [4.78, 5) is 29.1. The van der Waals surface area contributed by atoms with Crippen LogP contribution in [-0.4, -0.2) is 29.9 Å². The minimum absolute atomic E-state index is 0.611. The molecule has 0 spiro atoms. The smallest absolute Gasteiger partial charge is 0.164 e. The van der Waals surface area contributed by atoms with Crippen LogP contribution in [-0.2, 0) is 0 Å². The molecule has 0 aliphatic rings. The average molecular weight is 667 g/mol. The Balaban J connectivity index is 1.08. The molecule has 0 unspecified atom stereocenters. The van der Waals surface area contributed by atoms with Gasteiger partial charge in [-0.3, -0.25) is 4.98 Å². The van der Waals surface area contributed by atoms with E-state index in [0.29, 0.717) is 23.3 Å². The molecular weight excluding hydrogens is 637 g/mol. The number of rotatable bonds is 7. The number of hydrogen-bond acceptors (Lipinski definition) is 6. The lowest BCUT2D eigenvalue weighted by molar-refractivity contribution is 1.07. The van der Waals surface area contributed by atoms with Crippen LogP contribution in [0.3, 0.4) is 0 Å². The normalized spacial score (nSPS) is 11.1. The maximum atomic E-state index is 5.01. The highest BCUT2D eigenvalue weighted by Crippen LogP contribution is 2.32. The van der Waals surface area contributed by atoms with Gasteiger partial charge in [-0.15, -0.1) is 0 Å². The van der Waals surface area contributed by atoms with Crippen molar-refractivity contribution in [2.75, 3.05) is 0 Å². The summed E-state index contributed by atoms with van der Waals surface area (Å²) in [5.74, 6) is 2.55. The molecule has 6 aromatic carbocycles. The summed E-state index contributed by atoms with van der Waals surface area (Å²) >= 11 is 0. The third kappa shape index (κ3) is 6.32. The highest BCUT2D eigenvalue weighted by molar-refractivity contribution is 5.86. The van der Waals surface area contributed by atoms with Crippen molar-refractivity contribution in [3.8, 4) is 79.2 Å². The molecule has 0 bridgehead atoms. The minimum atomic E-state index is 0.611. The van der Waals surface area contributed by atoms with Crippen molar-refractivity contribution in [1.29, 1.82) is 0 Å². The van der Waals surface area contributed by atoms with E-state index in [1.54, 1.807) is 6.20 Å². The Bertz CT molecular complexity index is 2600. The van der Waals surface area contributed by atoms with Crippen molar-refractivity contribution in [2.24, 2.45) is 0 Å². The molecule has 0 fully saturated rings. The van der Waals surface area contributed by atoms with Crippen LogP contribution in [0.2, 0.25) is 0 Å². The number of pyridine rings is 1. The van der Waals surface area contributed by atoms with Crippen LogP contribution in [0.1, 0.15) is 0 Å². The Morgan fingerprint density at radius 3 is 1.37 bits per heavy atom. The molecule has 244 valence electrons. The molecule has 0 amide bonds. The number of fused-ring (bicyclic) bond motifs is 1. The van der Waals surface area contributed by atoms with Crippen molar-refractivity contribution in [3.63, 3.8) is 0 Å². The van der Waals surface area contributed by atoms with E-state index in [9.17, 15) is 0 Å². The van der Waals surface area contributed by atoms with Gasteiger partial charge in [-0.05, 0) is 40.8 Å². The Labute approximate surface area is 301 Å². The number of hydrogen-bond donors (Lipinski definition) is 0. The maximum absolute atomic E-state index is 5.01. The van der Waals surface area contributed by atoms with Crippen molar-refractivity contribution in [1.82, 2.24) is 29.9 Å². The second kappa shape index (κ2) is 13.6. The molecule has 0 N–H and O–H groups in total. The lowest BCUT2D eigenvalue weighted by Gasteiger charge is -2.11. The van der Waals surface area contributed by atoms with Crippen LogP contribution >= 0.6 is 0 Å². The van der Waals surface area contributed by atoms with E-state index in [0.717, 1.165) is 66.7 Å². The lowest BCUT2D eigenvalue weighted by atomic mass is 10.00. The molecule has 6 heteroatoms. The molecule has 0 radical (unpaired) electrons. The molecule has 0 saturated carbocycles. The maximum Gasteiger partial charge on any atom is 0.164 e. The van der Waals surface area contributed by atoms with Gasteiger partial charge in [0, 0.05) is 51.2 Å². The van der Waals surface area contributed by atoms with E-state index in [4.69, 9.17) is 24.9 Å². The average Bonchev–Trinajstić information content (AvgIpc) is 3.24. The molecule has 52 heavy (non-hydrogen) atoms. The van der Waals surface area contributed by atoms with Gasteiger partial charge in [-0.1, -0.05) is 146 Å². The standard InChI is InChI=1S/C46H30N6/c1-4-11-32(12-5-1)41-29-42(49-43(48-41)34-13-6-2-7-14-34)33-21-19-31(20-22-33)36-17-10-18-38(27-36)45-50-44(35-15-8-3-9-16-35)51-46(52-45)39-23-24-40-30-47-26-25-37(40)28-39/h1-30H. The van der Waals surface area contributed by atoms with E-state index in [1.165, 1.54) is 0 Å². The monoisotopic (exact) mass is 666 g/mol. The van der Waals surface area contributed by atoms with Gasteiger partial charge in [-0.25, -0.2) is 24.9 Å². The quantitative estimate of drug-likeness (QED) is 0.168. The molecule has 3 heterocycles. The third-order valence-electron chi connectivity index (χ3n) is 9.03. The Morgan fingerprint density at radius 1 is 0.269 bits per heavy atom. The summed E-state index contributed by atoms with van der Waals surface area (Å²) in [6.45, 7) is 0. The fourth-order valence-corrected chi connectivity index (χ4v) is 6.31. The number of aromatic nitrogens is 6. The molecule has 0 aliphatic heterocycles. The van der Waals surface area contributed by atoms with Gasteiger partial charge in [0.1, 0.15) is 0 Å². The Morgan fingerprint density at radius 2 is 0.731 bits per heavy atom. The van der Waals surface area contributed by atoms with Crippen LogP contribution < -0.4 is 0 Å². The van der Waals surface area contributed by atoms with Crippen molar-refractivity contribution in [3.05, 3.63) is 182 Å². The number of benzene rings is 6. The highest BCUT2D eigenvalue weighted by Gasteiger charge is 2.15. The van der Waals surface area contributed by atoms with Crippen molar-refractivity contribution in [2.45, 2.75) is 0 Å². The van der Waals surface area contributed by atoms with Gasteiger partial charge in [0.2, 0.25) is 0 Å². The molecular formula is C46H30N6. The minimum Gasteiger partial charge on any atom is -0.264 e. The Kier molecular flexibility index (Phi) is 8.08. The predicted molar refractivity (Wildman–Crippen MR) is 209 cm³/mol. The summed E-state index contributed by atoms with van der Waals surface area (Å²) in [5.41, 5.74) is 9.67. The summed E-state index contributed by atoms with van der Waals surface area (Å²) in [6, 6.07) is 57.5. The molecule has 0 saturated heterocycles. The van der Waals surface area contributed by atoms with Crippen LogP contribution in [0.25, 0.3) is 90.0 Å². The fraction of sp³-hybridized carbons (Fsp3) is 0. The van der Waals surface area contributed by atoms with Crippen LogP contribution in [0.5, 0.6) is 0 Å². The Hall–Kier alpha value is -7.18. The molecule has 9 rings (SSSR count). The second-order valence-electron chi connectivity index (χ2n) is 12.5. The van der Waals surface area contributed by atoms with Gasteiger partial charge in [0.05, 0.1) is 11.4 Å². The van der Waals surface area contributed by atoms with Crippen molar-refractivity contribution >= 4 is 10.8 Å². The molecule has 9 aromatic rings. The first-order valence-electron chi connectivity index (χ1n) is 17.1. The SMILES string of the molecule is c1ccc(-c2cc(-c3ccc(-c4cccc(-c5nc(-c6ccccc6)nc(-c6ccc7cnccc7c6)n5)c4)cc3)nc(-c3ccccc3)n2)cc1. The largest absolute Gasteiger partial charge is 0.264 e. The lowest BCUT2D eigenvalue weighted by Crippen LogP contribution is -2.00. The fourth-order valence-electron chi connectivity index (χ4n) is 6.31. The van der Waals surface area contributed by atoms with Gasteiger partial charge >= 0.3 is 0 Å². The zero-order valence-electron chi connectivity index (χ0n) is 28.0. The topological polar surface area (TPSA) is 77.3 Å². The van der Waals surface area contributed by atoms with E-state index in [2.05, 4.69) is 83.8 Å². The molecule has 6 nitrogen and oxygen atoms in total. The molecule has 0 atom stereocenters. The first-order chi connectivity index (χ1) is 25.7.